The van der Waals surface area contributed by atoms with Crippen LogP contribution in [0.1, 0.15) is 20.3 Å². The van der Waals surface area contributed by atoms with Crippen molar-refractivity contribution >= 4 is 11.9 Å². The fourth-order valence-corrected chi connectivity index (χ4v) is 0.913. The van der Waals surface area contributed by atoms with Gasteiger partial charge in [-0.15, -0.1) is 0 Å². The second kappa shape index (κ2) is 4.49. The zero-order valence-electron chi connectivity index (χ0n) is 7.87. The van der Waals surface area contributed by atoms with Crippen LogP contribution in [-0.4, -0.2) is 22.1 Å². The summed E-state index contributed by atoms with van der Waals surface area (Å²) >= 11 is 0. The molecule has 0 radical (unpaired) electrons. The summed E-state index contributed by atoms with van der Waals surface area (Å²) in [7, 11) is 0. The Kier molecular flexibility index (Phi) is 3.31. The van der Waals surface area contributed by atoms with Gasteiger partial charge >= 0.3 is 0 Å². The first kappa shape index (κ1) is 9.57. The smallest absolute Gasteiger partial charge is 0.228 e. The Morgan fingerprint density at radius 1 is 1.69 bits per heavy atom. The van der Waals surface area contributed by atoms with Gasteiger partial charge in [0.05, 0.1) is 0 Å². The zero-order valence-corrected chi connectivity index (χ0v) is 7.87. The van der Waals surface area contributed by atoms with E-state index in [1.54, 1.807) is 17.1 Å². The van der Waals surface area contributed by atoms with Gasteiger partial charge in [0.15, 0.2) is 0 Å². The van der Waals surface area contributed by atoms with E-state index in [4.69, 9.17) is 0 Å². The first-order valence-corrected chi connectivity index (χ1v) is 4.29. The van der Waals surface area contributed by atoms with E-state index in [0.717, 1.165) is 13.0 Å². The van der Waals surface area contributed by atoms with E-state index in [1.165, 1.54) is 6.92 Å². The number of imidazole rings is 1. The molecule has 5 nitrogen and oxygen atoms in total. The van der Waals surface area contributed by atoms with Crippen molar-refractivity contribution in [2.24, 2.45) is 0 Å². The lowest BCUT2D eigenvalue weighted by Crippen LogP contribution is -2.19. The highest BCUT2D eigenvalue weighted by molar-refractivity contribution is 5.86. The Morgan fingerprint density at radius 3 is 3.08 bits per heavy atom. The van der Waals surface area contributed by atoms with Crippen LogP contribution in [0.15, 0.2) is 12.4 Å². The number of anilines is 1. The van der Waals surface area contributed by atoms with Crippen molar-refractivity contribution in [2.75, 3.05) is 17.3 Å². The molecule has 1 aromatic heterocycles. The Morgan fingerprint density at radius 2 is 2.46 bits per heavy atom. The minimum Gasteiger partial charge on any atom is -0.323 e. The van der Waals surface area contributed by atoms with Gasteiger partial charge in [0.2, 0.25) is 11.9 Å². The van der Waals surface area contributed by atoms with Gasteiger partial charge in [-0.05, 0) is 6.42 Å². The van der Waals surface area contributed by atoms with Gasteiger partial charge in [-0.3, -0.25) is 10.1 Å². The maximum atomic E-state index is 10.7. The lowest BCUT2D eigenvalue weighted by molar-refractivity contribution is -0.114. The number of carbonyl (C=O) groups excluding carboxylic acids is 1. The molecule has 0 spiro atoms. The standard InChI is InChI=1S/C8H14N4O/c1-3-4-10-12-6-5-9-8(12)11-7(2)13/h5-6,10H,3-4H2,1-2H3,(H,9,11,13). The summed E-state index contributed by atoms with van der Waals surface area (Å²) < 4.78 is 1.70. The number of nitrogens with one attached hydrogen (secondary N) is 2. The topological polar surface area (TPSA) is 59.0 Å². The lowest BCUT2D eigenvalue weighted by Gasteiger charge is -2.08. The Hall–Kier alpha value is -1.52. The van der Waals surface area contributed by atoms with Gasteiger partial charge in [0, 0.05) is 25.9 Å². The molecule has 0 aliphatic rings. The molecule has 2 N–H and O–H groups in total. The normalized spacial score (nSPS) is 9.69. The van der Waals surface area contributed by atoms with Crippen molar-refractivity contribution in [1.82, 2.24) is 9.66 Å². The van der Waals surface area contributed by atoms with Crippen molar-refractivity contribution in [1.29, 1.82) is 0 Å². The van der Waals surface area contributed by atoms with Crippen LogP contribution in [0.4, 0.5) is 5.95 Å². The van der Waals surface area contributed by atoms with Crippen molar-refractivity contribution in [3.63, 3.8) is 0 Å². The summed E-state index contributed by atoms with van der Waals surface area (Å²) in [6.07, 6.45) is 4.42. The van der Waals surface area contributed by atoms with Crippen LogP contribution in [0.5, 0.6) is 0 Å². The van der Waals surface area contributed by atoms with Gasteiger partial charge in [0.1, 0.15) is 0 Å². The Labute approximate surface area is 77.1 Å². The molecule has 0 bridgehead atoms. The number of hydrogen-bond acceptors (Lipinski definition) is 3. The van der Waals surface area contributed by atoms with Crippen LogP contribution in [0.25, 0.3) is 0 Å². The van der Waals surface area contributed by atoms with Crippen molar-refractivity contribution in [3.05, 3.63) is 12.4 Å². The Bertz CT molecular complexity index is 281. The lowest BCUT2D eigenvalue weighted by atomic mass is 10.5. The summed E-state index contributed by atoms with van der Waals surface area (Å²) in [5, 5.41) is 2.61. The predicted molar refractivity (Wildman–Crippen MR) is 51.0 cm³/mol. The number of hydrogen-bond donors (Lipinski definition) is 2. The van der Waals surface area contributed by atoms with Crippen LogP contribution in [0.3, 0.4) is 0 Å². The van der Waals surface area contributed by atoms with Crippen molar-refractivity contribution in [3.8, 4) is 0 Å². The fraction of sp³-hybridized carbons (Fsp3) is 0.500. The molecular formula is C8H14N4O. The third-order valence-electron chi connectivity index (χ3n) is 1.46. The Balaban J connectivity index is 2.60. The third-order valence-corrected chi connectivity index (χ3v) is 1.46. The molecule has 0 saturated carbocycles. The summed E-state index contributed by atoms with van der Waals surface area (Å²) in [5.74, 6) is 0.409. The molecule has 1 amide bonds. The minimum atomic E-state index is -0.120. The van der Waals surface area contributed by atoms with Gasteiger partial charge in [0.25, 0.3) is 0 Å². The molecule has 1 rings (SSSR count). The van der Waals surface area contributed by atoms with Gasteiger partial charge in [-0.1, -0.05) is 6.92 Å². The average Bonchev–Trinajstić information content (AvgIpc) is 2.48. The van der Waals surface area contributed by atoms with Crippen LogP contribution < -0.4 is 10.7 Å². The van der Waals surface area contributed by atoms with Gasteiger partial charge in [-0.2, -0.15) is 0 Å². The molecule has 0 atom stereocenters. The molecule has 0 aromatic carbocycles. The van der Waals surface area contributed by atoms with E-state index >= 15 is 0 Å². The first-order chi connectivity index (χ1) is 6.24. The summed E-state index contributed by atoms with van der Waals surface area (Å²) in [6.45, 7) is 4.38. The molecule has 13 heavy (non-hydrogen) atoms. The highest BCUT2D eigenvalue weighted by Crippen LogP contribution is 2.00. The van der Waals surface area contributed by atoms with E-state index < -0.39 is 0 Å². The van der Waals surface area contributed by atoms with E-state index in [1.807, 2.05) is 0 Å². The molecule has 0 aliphatic carbocycles. The molecule has 1 heterocycles. The highest BCUT2D eigenvalue weighted by Gasteiger charge is 2.01. The van der Waals surface area contributed by atoms with Crippen LogP contribution in [0, 0.1) is 0 Å². The van der Waals surface area contributed by atoms with Gasteiger partial charge in [-0.25, -0.2) is 9.66 Å². The second-order valence-corrected chi connectivity index (χ2v) is 2.71. The average molecular weight is 182 g/mol. The van der Waals surface area contributed by atoms with E-state index in [2.05, 4.69) is 22.7 Å². The quantitative estimate of drug-likeness (QED) is 0.724. The number of nitrogens with zero attached hydrogens (tertiary/aromatic N) is 2. The van der Waals surface area contributed by atoms with Crippen LogP contribution >= 0.6 is 0 Å². The summed E-state index contributed by atoms with van der Waals surface area (Å²) in [6, 6.07) is 0. The number of rotatable bonds is 4. The highest BCUT2D eigenvalue weighted by atomic mass is 16.1. The largest absolute Gasteiger partial charge is 0.323 e. The maximum Gasteiger partial charge on any atom is 0.228 e. The number of aromatic nitrogens is 2. The van der Waals surface area contributed by atoms with E-state index in [-0.39, 0.29) is 5.91 Å². The molecule has 0 saturated heterocycles. The minimum absolute atomic E-state index is 0.120. The van der Waals surface area contributed by atoms with E-state index in [0.29, 0.717) is 5.95 Å². The molecular weight excluding hydrogens is 168 g/mol. The molecule has 1 aromatic rings. The maximum absolute atomic E-state index is 10.7. The molecule has 0 unspecified atom stereocenters. The zero-order chi connectivity index (χ0) is 9.68. The fourth-order valence-electron chi connectivity index (χ4n) is 0.913. The van der Waals surface area contributed by atoms with Crippen molar-refractivity contribution < 1.29 is 4.79 Å². The molecule has 0 fully saturated rings. The third kappa shape index (κ3) is 2.77. The number of carbonyl (C=O) groups is 1. The van der Waals surface area contributed by atoms with Crippen LogP contribution in [0.2, 0.25) is 0 Å². The van der Waals surface area contributed by atoms with Crippen molar-refractivity contribution in [2.45, 2.75) is 20.3 Å². The predicted octanol–water partition coefficient (Wildman–Crippen LogP) is 0.795. The number of amides is 1. The molecule has 5 heteroatoms. The second-order valence-electron chi connectivity index (χ2n) is 2.71. The summed E-state index contributed by atoms with van der Waals surface area (Å²) in [5.41, 5.74) is 3.09. The first-order valence-electron chi connectivity index (χ1n) is 4.29. The summed E-state index contributed by atoms with van der Waals surface area (Å²) in [4.78, 5) is 14.7. The van der Waals surface area contributed by atoms with Gasteiger partial charge < -0.3 is 5.43 Å². The monoisotopic (exact) mass is 182 g/mol. The van der Waals surface area contributed by atoms with E-state index in [9.17, 15) is 4.79 Å². The SMILES string of the molecule is CCCNn1ccnc1NC(C)=O. The molecule has 72 valence electrons. The molecule has 0 aliphatic heterocycles. The van der Waals surface area contributed by atoms with Crippen LogP contribution in [-0.2, 0) is 4.79 Å².